The van der Waals surface area contributed by atoms with E-state index in [1.807, 2.05) is 6.07 Å². The minimum absolute atomic E-state index is 0.0612. The lowest BCUT2D eigenvalue weighted by molar-refractivity contribution is -0.142. The van der Waals surface area contributed by atoms with E-state index in [-0.39, 0.29) is 24.8 Å². The van der Waals surface area contributed by atoms with Crippen LogP contribution in [0.2, 0.25) is 0 Å². The highest BCUT2D eigenvalue weighted by Gasteiger charge is 2.30. The zero-order valence-electron chi connectivity index (χ0n) is 15.1. The van der Waals surface area contributed by atoms with Crippen LogP contribution in [0.3, 0.4) is 0 Å². The number of carbonyl (C=O) groups is 3. The van der Waals surface area contributed by atoms with Crippen LogP contribution < -0.4 is 11.1 Å². The molecular weight excluding hydrogens is 348 g/mol. The number of amides is 2. The third-order valence-electron chi connectivity index (χ3n) is 4.52. The second kappa shape index (κ2) is 9.57. The van der Waals surface area contributed by atoms with Gasteiger partial charge in [-0.1, -0.05) is 5.92 Å². The number of rotatable bonds is 8. The number of hydrogen-bond donors (Lipinski definition) is 3. The largest absolute Gasteiger partial charge is 0.481 e. The molecular formula is C19H24N4O4. The van der Waals surface area contributed by atoms with Crippen molar-refractivity contribution in [2.75, 3.05) is 18.8 Å². The van der Waals surface area contributed by atoms with E-state index in [0.717, 1.165) is 18.4 Å². The molecule has 1 aliphatic heterocycles. The summed E-state index contributed by atoms with van der Waals surface area (Å²) in [6, 6.07) is 2.78. The van der Waals surface area contributed by atoms with Crippen LogP contribution in [-0.2, 0) is 20.8 Å². The van der Waals surface area contributed by atoms with Crippen molar-refractivity contribution in [3.05, 3.63) is 23.9 Å². The molecule has 1 aromatic heterocycles. The smallest absolute Gasteiger partial charge is 0.306 e. The molecule has 0 unspecified atom stereocenters. The third-order valence-corrected chi connectivity index (χ3v) is 4.52. The Bertz CT molecular complexity index is 743. The van der Waals surface area contributed by atoms with Gasteiger partial charge in [0.1, 0.15) is 11.9 Å². The minimum Gasteiger partial charge on any atom is -0.481 e. The Morgan fingerprint density at radius 3 is 2.96 bits per heavy atom. The van der Waals surface area contributed by atoms with Crippen LogP contribution in [-0.4, -0.2) is 51.9 Å². The number of nitrogens with zero attached hydrogens (tertiary/aromatic N) is 2. The Balaban J connectivity index is 1.87. The number of nitrogens with one attached hydrogen (secondary N) is 1. The average molecular weight is 372 g/mol. The molecule has 0 aromatic carbocycles. The summed E-state index contributed by atoms with van der Waals surface area (Å²) in [4.78, 5) is 41.0. The van der Waals surface area contributed by atoms with Crippen molar-refractivity contribution in [3.63, 3.8) is 0 Å². The number of carboxylic acids is 1. The highest BCUT2D eigenvalue weighted by Crippen LogP contribution is 2.23. The van der Waals surface area contributed by atoms with Gasteiger partial charge in [0.25, 0.3) is 0 Å². The number of nitrogens with two attached hydrogens (primary N) is 1. The summed E-state index contributed by atoms with van der Waals surface area (Å²) in [5.74, 6) is 0.929. The minimum atomic E-state index is -1.09. The maximum Gasteiger partial charge on any atom is 0.306 e. The van der Waals surface area contributed by atoms with Crippen molar-refractivity contribution < 1.29 is 19.5 Å². The van der Waals surface area contributed by atoms with Crippen LogP contribution in [0.4, 0.5) is 5.82 Å². The molecule has 27 heavy (non-hydrogen) atoms. The van der Waals surface area contributed by atoms with E-state index in [0.29, 0.717) is 25.2 Å². The van der Waals surface area contributed by atoms with Gasteiger partial charge in [-0.05, 0) is 43.4 Å². The summed E-state index contributed by atoms with van der Waals surface area (Å²) in [5, 5.41) is 11.2. The van der Waals surface area contributed by atoms with Crippen LogP contribution in [0.1, 0.15) is 31.2 Å². The molecule has 1 aliphatic rings. The van der Waals surface area contributed by atoms with Gasteiger partial charge in [-0.25, -0.2) is 4.98 Å². The molecule has 1 fully saturated rings. The molecule has 8 heteroatoms. The summed E-state index contributed by atoms with van der Waals surface area (Å²) in [6.45, 7) is 0.389. The quantitative estimate of drug-likeness (QED) is 0.568. The van der Waals surface area contributed by atoms with Crippen molar-refractivity contribution >= 4 is 23.6 Å². The van der Waals surface area contributed by atoms with Gasteiger partial charge >= 0.3 is 5.97 Å². The van der Waals surface area contributed by atoms with Crippen molar-refractivity contribution in [1.82, 2.24) is 15.2 Å². The van der Waals surface area contributed by atoms with Crippen molar-refractivity contribution in [1.29, 1.82) is 0 Å². The number of carboxylic acid groups (broad SMARTS) is 1. The number of aliphatic carboxylic acids is 1. The maximum atomic E-state index is 12.7. The van der Waals surface area contributed by atoms with E-state index in [9.17, 15) is 14.4 Å². The van der Waals surface area contributed by atoms with Crippen LogP contribution in [0.15, 0.2) is 18.3 Å². The maximum absolute atomic E-state index is 12.7. The van der Waals surface area contributed by atoms with E-state index in [4.69, 9.17) is 17.3 Å². The fourth-order valence-corrected chi connectivity index (χ4v) is 3.18. The highest BCUT2D eigenvalue weighted by atomic mass is 16.4. The van der Waals surface area contributed by atoms with Gasteiger partial charge in [0.2, 0.25) is 11.8 Å². The van der Waals surface area contributed by atoms with E-state index < -0.39 is 17.9 Å². The number of piperidine rings is 1. The number of hydrogen-bond acceptors (Lipinski definition) is 5. The lowest BCUT2D eigenvalue weighted by atomic mass is 9.91. The fourth-order valence-electron chi connectivity index (χ4n) is 3.18. The summed E-state index contributed by atoms with van der Waals surface area (Å²) in [6.07, 6.45) is 9.50. The van der Waals surface area contributed by atoms with Crippen LogP contribution in [0, 0.1) is 18.3 Å². The predicted octanol–water partition coefficient (Wildman–Crippen LogP) is 0.428. The number of aryl methyl sites for hydroxylation is 1. The molecule has 0 saturated carbocycles. The molecule has 1 saturated heterocycles. The molecule has 0 aliphatic carbocycles. The second-order valence-electron chi connectivity index (χ2n) is 6.61. The van der Waals surface area contributed by atoms with E-state index in [2.05, 4.69) is 16.2 Å². The average Bonchev–Trinajstić information content (AvgIpc) is 2.61. The number of carbonyl (C=O) groups excluding carboxylic acids is 2. The molecule has 144 valence electrons. The molecule has 4 N–H and O–H groups in total. The Labute approximate surface area is 158 Å². The van der Waals surface area contributed by atoms with Gasteiger partial charge in [-0.2, -0.15) is 0 Å². The lowest BCUT2D eigenvalue weighted by Crippen LogP contribution is -2.48. The Kier molecular flexibility index (Phi) is 7.17. The Hall–Kier alpha value is -3.08. The molecule has 2 heterocycles. The first-order valence-electron chi connectivity index (χ1n) is 8.85. The molecule has 2 rings (SSSR count). The molecule has 0 spiro atoms. The van der Waals surface area contributed by atoms with Crippen LogP contribution in [0.5, 0.6) is 0 Å². The van der Waals surface area contributed by atoms with E-state index >= 15 is 0 Å². The van der Waals surface area contributed by atoms with Crippen molar-refractivity contribution in [3.8, 4) is 12.3 Å². The molecule has 1 aromatic rings. The monoisotopic (exact) mass is 372 g/mol. The van der Waals surface area contributed by atoms with E-state index in [1.165, 1.54) is 4.90 Å². The Morgan fingerprint density at radius 1 is 1.52 bits per heavy atom. The number of aromatic nitrogens is 1. The highest BCUT2D eigenvalue weighted by molar-refractivity contribution is 5.87. The predicted molar refractivity (Wildman–Crippen MR) is 99.3 cm³/mol. The van der Waals surface area contributed by atoms with Gasteiger partial charge in [0.15, 0.2) is 0 Å². The number of anilines is 1. The standard InChI is InChI=1S/C19H24N4O4/c1-2-15(11-18(25)26)22-17(24)12-23-9-3-4-14(19(23)27)6-5-13-7-8-21-16(20)10-13/h1,7-8,10,14-15H,3-6,9,11-12H2,(H2,20,21)(H,22,24)(H,25,26)/t14-,15+/m0/s1. The second-order valence-corrected chi connectivity index (χ2v) is 6.61. The summed E-state index contributed by atoms with van der Waals surface area (Å²) < 4.78 is 0. The summed E-state index contributed by atoms with van der Waals surface area (Å²) in [7, 11) is 0. The van der Waals surface area contributed by atoms with Gasteiger partial charge in [-0.3, -0.25) is 14.4 Å². The van der Waals surface area contributed by atoms with Crippen LogP contribution in [0.25, 0.3) is 0 Å². The summed E-state index contributed by atoms with van der Waals surface area (Å²) in [5.41, 5.74) is 6.70. The molecule has 0 bridgehead atoms. The van der Waals surface area contributed by atoms with E-state index in [1.54, 1.807) is 12.3 Å². The topological polar surface area (TPSA) is 126 Å². The molecule has 8 nitrogen and oxygen atoms in total. The first-order valence-corrected chi connectivity index (χ1v) is 8.85. The van der Waals surface area contributed by atoms with Crippen molar-refractivity contribution in [2.24, 2.45) is 5.92 Å². The first kappa shape index (κ1) is 20.2. The molecule has 2 amide bonds. The third kappa shape index (κ3) is 6.29. The summed E-state index contributed by atoms with van der Waals surface area (Å²) >= 11 is 0. The normalized spacial score (nSPS) is 17.8. The zero-order chi connectivity index (χ0) is 19.8. The van der Waals surface area contributed by atoms with Crippen molar-refractivity contribution in [2.45, 2.75) is 38.1 Å². The van der Waals surface area contributed by atoms with Gasteiger partial charge in [0.05, 0.1) is 13.0 Å². The Morgan fingerprint density at radius 2 is 2.30 bits per heavy atom. The number of likely N-dealkylation sites (tertiary alicyclic amines) is 1. The van der Waals surface area contributed by atoms with Crippen LogP contribution >= 0.6 is 0 Å². The molecule has 2 atom stereocenters. The number of pyridine rings is 1. The SMILES string of the molecule is C#C[C@H](CC(=O)O)NC(=O)CN1CCC[C@@H](CCc2ccnc(N)c2)C1=O. The molecule has 0 radical (unpaired) electrons. The van der Waals surface area contributed by atoms with Gasteiger partial charge < -0.3 is 21.1 Å². The number of terminal acetylenes is 1. The number of nitrogen functional groups attached to an aromatic ring is 1. The lowest BCUT2D eigenvalue weighted by Gasteiger charge is -2.32. The fraction of sp³-hybridized carbons (Fsp3) is 0.474. The van der Waals surface area contributed by atoms with Gasteiger partial charge in [0, 0.05) is 18.7 Å². The first-order chi connectivity index (χ1) is 12.9. The van der Waals surface area contributed by atoms with Gasteiger partial charge in [-0.15, -0.1) is 6.42 Å². The zero-order valence-corrected chi connectivity index (χ0v) is 15.1.